The third-order valence-corrected chi connectivity index (χ3v) is 4.48. The molecule has 0 aliphatic carbocycles. The molecule has 132 valence electrons. The van der Waals surface area contributed by atoms with E-state index in [0.717, 1.165) is 10.7 Å². The first kappa shape index (κ1) is 17.3. The Bertz CT molecular complexity index is 846. The van der Waals surface area contributed by atoms with Gasteiger partial charge in [-0.05, 0) is 26.0 Å². The molecule has 3 aromatic rings. The summed E-state index contributed by atoms with van der Waals surface area (Å²) >= 11 is 1.50. The van der Waals surface area contributed by atoms with Crippen molar-refractivity contribution in [1.29, 1.82) is 0 Å². The molecule has 25 heavy (non-hydrogen) atoms. The lowest BCUT2D eigenvalue weighted by Gasteiger charge is -2.08. The van der Waals surface area contributed by atoms with Gasteiger partial charge in [-0.25, -0.2) is 0 Å². The highest BCUT2D eigenvalue weighted by atomic mass is 32.2. The summed E-state index contributed by atoms with van der Waals surface area (Å²) in [5.74, 6) is 2.82. The van der Waals surface area contributed by atoms with Crippen LogP contribution in [0.4, 0.5) is 0 Å². The molecule has 0 atom stereocenters. The van der Waals surface area contributed by atoms with E-state index in [4.69, 9.17) is 14.0 Å². The van der Waals surface area contributed by atoms with E-state index in [2.05, 4.69) is 34.2 Å². The Morgan fingerprint density at radius 2 is 2.08 bits per heavy atom. The van der Waals surface area contributed by atoms with Gasteiger partial charge in [-0.3, -0.25) is 0 Å². The highest BCUT2D eigenvalue weighted by Crippen LogP contribution is 2.32. The van der Waals surface area contributed by atoms with Crippen LogP contribution in [0.15, 0.2) is 34.2 Å². The molecule has 0 aliphatic rings. The van der Waals surface area contributed by atoms with Gasteiger partial charge in [0.05, 0.1) is 25.5 Å². The molecule has 0 saturated carbocycles. The van der Waals surface area contributed by atoms with Crippen LogP contribution < -0.4 is 9.47 Å². The summed E-state index contributed by atoms with van der Waals surface area (Å²) in [6.45, 7) is 4.16. The molecule has 0 saturated heterocycles. The second kappa shape index (κ2) is 7.56. The Morgan fingerprint density at radius 3 is 2.80 bits per heavy atom. The van der Waals surface area contributed by atoms with Crippen LogP contribution in [0.3, 0.4) is 0 Å². The molecule has 0 amide bonds. The van der Waals surface area contributed by atoms with Gasteiger partial charge in [0, 0.05) is 12.1 Å². The van der Waals surface area contributed by atoms with E-state index in [1.807, 2.05) is 16.7 Å². The average molecular weight is 361 g/mol. The molecule has 0 N–H and O–H groups in total. The van der Waals surface area contributed by atoms with E-state index in [1.165, 1.54) is 11.8 Å². The molecule has 0 bridgehead atoms. The van der Waals surface area contributed by atoms with Gasteiger partial charge in [-0.15, -0.1) is 10.2 Å². The summed E-state index contributed by atoms with van der Waals surface area (Å²) in [5, 5.41) is 12.9. The highest BCUT2D eigenvalue weighted by molar-refractivity contribution is 7.98. The van der Waals surface area contributed by atoms with Crippen molar-refractivity contribution in [3.63, 3.8) is 0 Å². The molecule has 0 spiro atoms. The van der Waals surface area contributed by atoms with Gasteiger partial charge >= 0.3 is 0 Å². The number of nitrogens with zero attached hydrogens (tertiary/aromatic N) is 5. The minimum atomic E-state index is 0.291. The summed E-state index contributed by atoms with van der Waals surface area (Å²) in [5.41, 5.74) is 0.744. The summed E-state index contributed by atoms with van der Waals surface area (Å²) in [6.07, 6.45) is 1.72. The molecule has 0 radical (unpaired) electrons. The van der Waals surface area contributed by atoms with Crippen molar-refractivity contribution in [2.24, 2.45) is 0 Å². The van der Waals surface area contributed by atoms with E-state index in [0.29, 0.717) is 35.0 Å². The smallest absolute Gasteiger partial charge is 0.237 e. The van der Waals surface area contributed by atoms with Gasteiger partial charge in [0.15, 0.2) is 5.16 Å². The van der Waals surface area contributed by atoms with Crippen molar-refractivity contribution in [3.05, 3.63) is 30.4 Å². The molecule has 9 heteroatoms. The lowest BCUT2D eigenvalue weighted by molar-refractivity contribution is 0.388. The van der Waals surface area contributed by atoms with Crippen LogP contribution in [0.1, 0.15) is 25.8 Å². The van der Waals surface area contributed by atoms with Gasteiger partial charge < -0.3 is 18.6 Å². The number of ether oxygens (including phenoxy) is 2. The van der Waals surface area contributed by atoms with E-state index >= 15 is 0 Å². The van der Waals surface area contributed by atoms with Crippen molar-refractivity contribution in [2.45, 2.75) is 30.8 Å². The quantitative estimate of drug-likeness (QED) is 0.593. The van der Waals surface area contributed by atoms with Crippen molar-refractivity contribution in [2.75, 3.05) is 14.2 Å². The predicted octanol–water partition coefficient (Wildman–Crippen LogP) is 3.22. The molecule has 2 heterocycles. The Hall–Kier alpha value is -2.55. The Kier molecular flexibility index (Phi) is 5.22. The van der Waals surface area contributed by atoms with Crippen molar-refractivity contribution in [3.8, 4) is 22.9 Å². The van der Waals surface area contributed by atoms with Gasteiger partial charge in [0.2, 0.25) is 11.7 Å². The second-order valence-electron chi connectivity index (χ2n) is 5.48. The largest absolute Gasteiger partial charge is 0.497 e. The van der Waals surface area contributed by atoms with Crippen LogP contribution in [-0.2, 0) is 5.75 Å². The van der Waals surface area contributed by atoms with E-state index in [-0.39, 0.29) is 0 Å². The first-order chi connectivity index (χ1) is 12.1. The van der Waals surface area contributed by atoms with Gasteiger partial charge in [0.1, 0.15) is 17.8 Å². The molecule has 0 unspecified atom stereocenters. The zero-order valence-electron chi connectivity index (χ0n) is 14.5. The first-order valence-corrected chi connectivity index (χ1v) is 8.68. The van der Waals surface area contributed by atoms with Crippen LogP contribution in [0.2, 0.25) is 0 Å². The summed E-state index contributed by atoms with van der Waals surface area (Å²) in [4.78, 5) is 4.44. The Balaban J connectivity index is 1.75. The van der Waals surface area contributed by atoms with Crippen molar-refractivity contribution in [1.82, 2.24) is 24.9 Å². The molecule has 2 aromatic heterocycles. The number of methoxy groups -OCH3 is 2. The van der Waals surface area contributed by atoms with Crippen LogP contribution in [0.5, 0.6) is 11.5 Å². The number of hydrogen-bond donors (Lipinski definition) is 0. The molecule has 0 fully saturated rings. The minimum absolute atomic E-state index is 0.291. The normalized spacial score (nSPS) is 11.1. The number of hydrogen-bond acceptors (Lipinski definition) is 8. The maximum Gasteiger partial charge on any atom is 0.237 e. The fourth-order valence-corrected chi connectivity index (χ4v) is 3.10. The third-order valence-electron chi connectivity index (χ3n) is 3.54. The maximum atomic E-state index is 5.38. The van der Waals surface area contributed by atoms with Gasteiger partial charge in [-0.1, -0.05) is 16.9 Å². The monoisotopic (exact) mass is 361 g/mol. The SMILES string of the molecule is COc1ccc(-c2noc(CSc3nncn3C(C)C)n2)c(OC)c1. The Labute approximate surface area is 149 Å². The van der Waals surface area contributed by atoms with Crippen LogP contribution >= 0.6 is 11.8 Å². The number of aromatic nitrogens is 5. The Morgan fingerprint density at radius 1 is 1.24 bits per heavy atom. The third kappa shape index (κ3) is 3.76. The molecule has 1 aromatic carbocycles. The van der Waals surface area contributed by atoms with E-state index in [9.17, 15) is 0 Å². The fraction of sp³-hybridized carbons (Fsp3) is 0.375. The van der Waals surface area contributed by atoms with Crippen LogP contribution in [0.25, 0.3) is 11.4 Å². The van der Waals surface area contributed by atoms with Crippen LogP contribution in [0, 0.1) is 0 Å². The zero-order valence-corrected chi connectivity index (χ0v) is 15.3. The molecular weight excluding hydrogens is 342 g/mol. The molecule has 3 rings (SSSR count). The number of thioether (sulfide) groups is 1. The average Bonchev–Trinajstić information content (AvgIpc) is 3.28. The first-order valence-electron chi connectivity index (χ1n) is 7.69. The van der Waals surface area contributed by atoms with Crippen molar-refractivity contribution < 1.29 is 14.0 Å². The molecule has 8 nitrogen and oxygen atoms in total. The van der Waals surface area contributed by atoms with Gasteiger partial charge in [-0.2, -0.15) is 4.98 Å². The predicted molar refractivity (Wildman–Crippen MR) is 92.8 cm³/mol. The summed E-state index contributed by atoms with van der Waals surface area (Å²) in [7, 11) is 3.20. The zero-order chi connectivity index (χ0) is 17.8. The summed E-state index contributed by atoms with van der Waals surface area (Å²) in [6, 6.07) is 5.74. The number of benzene rings is 1. The molecular formula is C16H19N5O3S. The lowest BCUT2D eigenvalue weighted by Crippen LogP contribution is -2.01. The lowest BCUT2D eigenvalue weighted by atomic mass is 10.2. The fourth-order valence-electron chi connectivity index (χ4n) is 2.22. The topological polar surface area (TPSA) is 88.1 Å². The van der Waals surface area contributed by atoms with Gasteiger partial charge in [0.25, 0.3) is 0 Å². The minimum Gasteiger partial charge on any atom is -0.497 e. The van der Waals surface area contributed by atoms with Crippen molar-refractivity contribution >= 4 is 11.8 Å². The second-order valence-corrected chi connectivity index (χ2v) is 6.42. The standard InChI is InChI=1S/C16H19N5O3S/c1-10(2)21-9-17-19-16(21)25-8-14-18-15(20-24-14)12-6-5-11(22-3)7-13(12)23-4/h5-7,9-10H,8H2,1-4H3. The summed E-state index contributed by atoms with van der Waals surface area (Å²) < 4.78 is 17.9. The highest BCUT2D eigenvalue weighted by Gasteiger charge is 2.16. The number of rotatable bonds is 7. The maximum absolute atomic E-state index is 5.38. The van der Waals surface area contributed by atoms with E-state index < -0.39 is 0 Å². The van der Waals surface area contributed by atoms with Crippen LogP contribution in [-0.4, -0.2) is 39.1 Å². The molecule has 0 aliphatic heterocycles. The van der Waals surface area contributed by atoms with E-state index in [1.54, 1.807) is 26.6 Å².